The molecule has 1 aromatic rings. The summed E-state index contributed by atoms with van der Waals surface area (Å²) in [5, 5.41) is 5.79. The number of carbonyl (C=O) groups excluding carboxylic acids is 2. The molecule has 2 N–H and O–H groups in total. The molecule has 0 saturated carbocycles. The van der Waals surface area contributed by atoms with Crippen LogP contribution in [-0.2, 0) is 15.0 Å². The van der Waals surface area contributed by atoms with Crippen LogP contribution in [0.4, 0.5) is 4.39 Å². The SMILES string of the molecule is O=C1CCC(c2ccc(F)cc2)(C2CCNCC2)C(=O)N1. The molecule has 0 aromatic heterocycles. The fourth-order valence-corrected chi connectivity index (χ4v) is 3.69. The predicted molar refractivity (Wildman–Crippen MR) is 76.1 cm³/mol. The molecule has 2 aliphatic rings. The molecule has 2 amide bonds. The molecule has 4 nitrogen and oxygen atoms in total. The first kappa shape index (κ1) is 14.2. The van der Waals surface area contributed by atoms with Gasteiger partial charge in [0.1, 0.15) is 5.82 Å². The summed E-state index contributed by atoms with van der Waals surface area (Å²) in [6.45, 7) is 1.74. The molecule has 0 aliphatic carbocycles. The van der Waals surface area contributed by atoms with E-state index in [1.54, 1.807) is 12.1 Å². The lowest BCUT2D eigenvalue weighted by molar-refractivity contribution is -0.140. The Bertz CT molecular complexity index is 552. The van der Waals surface area contributed by atoms with Gasteiger partial charge in [-0.2, -0.15) is 0 Å². The zero-order valence-electron chi connectivity index (χ0n) is 11.8. The number of hydrogen-bond donors (Lipinski definition) is 2. The third-order valence-electron chi connectivity index (χ3n) is 4.80. The van der Waals surface area contributed by atoms with Crippen LogP contribution in [0.5, 0.6) is 0 Å². The van der Waals surface area contributed by atoms with Crippen molar-refractivity contribution >= 4 is 11.8 Å². The number of piperidine rings is 2. The van der Waals surface area contributed by atoms with Crippen LogP contribution in [0.2, 0.25) is 0 Å². The first-order valence-electron chi connectivity index (χ1n) is 7.44. The Hall–Kier alpha value is -1.75. The van der Waals surface area contributed by atoms with E-state index in [4.69, 9.17) is 0 Å². The molecule has 21 heavy (non-hydrogen) atoms. The molecule has 0 radical (unpaired) electrons. The summed E-state index contributed by atoms with van der Waals surface area (Å²) in [6.07, 6.45) is 2.62. The van der Waals surface area contributed by atoms with Crippen molar-refractivity contribution in [1.82, 2.24) is 10.6 Å². The highest BCUT2D eigenvalue weighted by Gasteiger charge is 2.49. The van der Waals surface area contributed by atoms with Gasteiger partial charge in [0.15, 0.2) is 0 Å². The molecule has 2 fully saturated rings. The van der Waals surface area contributed by atoms with E-state index in [1.807, 2.05) is 0 Å². The van der Waals surface area contributed by atoms with Crippen LogP contribution in [0, 0.1) is 11.7 Å². The molecule has 0 bridgehead atoms. The van der Waals surface area contributed by atoms with Crippen LogP contribution in [0.1, 0.15) is 31.2 Å². The third kappa shape index (κ3) is 2.46. The van der Waals surface area contributed by atoms with E-state index >= 15 is 0 Å². The molecule has 2 saturated heterocycles. The van der Waals surface area contributed by atoms with Crippen molar-refractivity contribution in [2.24, 2.45) is 5.92 Å². The standard InChI is InChI=1S/C16H19FN2O2/c17-13-3-1-11(2-4-13)16(12-6-9-18-10-7-12)8-5-14(20)19-15(16)21/h1-4,12,18H,5-10H2,(H,19,20,21). The number of amides is 2. The van der Waals surface area contributed by atoms with Crippen molar-refractivity contribution in [3.63, 3.8) is 0 Å². The van der Waals surface area contributed by atoms with Crippen LogP contribution in [-0.4, -0.2) is 24.9 Å². The number of benzene rings is 1. The van der Waals surface area contributed by atoms with Crippen molar-refractivity contribution in [1.29, 1.82) is 0 Å². The van der Waals surface area contributed by atoms with Gasteiger partial charge in [0.2, 0.25) is 11.8 Å². The molecule has 2 heterocycles. The largest absolute Gasteiger partial charge is 0.317 e. The van der Waals surface area contributed by atoms with Crippen molar-refractivity contribution in [3.05, 3.63) is 35.6 Å². The normalized spacial score (nSPS) is 27.5. The summed E-state index contributed by atoms with van der Waals surface area (Å²) in [6, 6.07) is 6.16. The number of imide groups is 1. The van der Waals surface area contributed by atoms with Gasteiger partial charge in [0.05, 0.1) is 5.41 Å². The van der Waals surface area contributed by atoms with Crippen molar-refractivity contribution in [2.45, 2.75) is 31.1 Å². The van der Waals surface area contributed by atoms with Gasteiger partial charge in [-0.05, 0) is 56.0 Å². The Morgan fingerprint density at radius 3 is 2.38 bits per heavy atom. The van der Waals surface area contributed by atoms with Crippen molar-refractivity contribution < 1.29 is 14.0 Å². The summed E-state index contributed by atoms with van der Waals surface area (Å²) >= 11 is 0. The molecule has 1 atom stereocenters. The molecule has 112 valence electrons. The average molecular weight is 290 g/mol. The van der Waals surface area contributed by atoms with Crippen LogP contribution >= 0.6 is 0 Å². The minimum atomic E-state index is -0.705. The Morgan fingerprint density at radius 2 is 1.76 bits per heavy atom. The monoisotopic (exact) mass is 290 g/mol. The minimum Gasteiger partial charge on any atom is -0.317 e. The summed E-state index contributed by atoms with van der Waals surface area (Å²) in [5.74, 6) is -0.576. The maximum absolute atomic E-state index is 13.2. The van der Waals surface area contributed by atoms with E-state index in [9.17, 15) is 14.0 Å². The molecule has 2 aliphatic heterocycles. The van der Waals surface area contributed by atoms with E-state index in [0.717, 1.165) is 31.5 Å². The Morgan fingerprint density at radius 1 is 1.10 bits per heavy atom. The second kappa shape index (κ2) is 5.56. The highest BCUT2D eigenvalue weighted by Crippen LogP contribution is 2.43. The Kier molecular flexibility index (Phi) is 3.76. The minimum absolute atomic E-state index is 0.178. The molecular formula is C16H19FN2O2. The van der Waals surface area contributed by atoms with Crippen LogP contribution < -0.4 is 10.6 Å². The van der Waals surface area contributed by atoms with E-state index in [-0.39, 0.29) is 23.5 Å². The van der Waals surface area contributed by atoms with E-state index in [1.165, 1.54) is 12.1 Å². The predicted octanol–water partition coefficient (Wildman–Crippen LogP) is 1.50. The molecule has 1 aromatic carbocycles. The summed E-state index contributed by atoms with van der Waals surface area (Å²) in [5.41, 5.74) is 0.116. The molecule has 5 heteroatoms. The molecule has 0 spiro atoms. The lowest BCUT2D eigenvalue weighted by atomic mass is 9.62. The number of rotatable bonds is 2. The lowest BCUT2D eigenvalue weighted by Gasteiger charge is -2.44. The third-order valence-corrected chi connectivity index (χ3v) is 4.80. The van der Waals surface area contributed by atoms with Gasteiger partial charge in [0.25, 0.3) is 0 Å². The van der Waals surface area contributed by atoms with Gasteiger partial charge >= 0.3 is 0 Å². The molecule has 3 rings (SSSR count). The second-order valence-electron chi connectivity index (χ2n) is 5.88. The summed E-state index contributed by atoms with van der Waals surface area (Å²) in [4.78, 5) is 24.2. The van der Waals surface area contributed by atoms with Crippen LogP contribution in [0.15, 0.2) is 24.3 Å². The van der Waals surface area contributed by atoms with E-state index < -0.39 is 5.41 Å². The highest BCUT2D eigenvalue weighted by molar-refractivity contribution is 6.03. The maximum Gasteiger partial charge on any atom is 0.237 e. The smallest absolute Gasteiger partial charge is 0.237 e. The van der Waals surface area contributed by atoms with Gasteiger partial charge in [-0.25, -0.2) is 4.39 Å². The van der Waals surface area contributed by atoms with Gasteiger partial charge < -0.3 is 5.32 Å². The fourth-order valence-electron chi connectivity index (χ4n) is 3.69. The number of nitrogens with one attached hydrogen (secondary N) is 2. The highest BCUT2D eigenvalue weighted by atomic mass is 19.1. The Balaban J connectivity index is 2.03. The van der Waals surface area contributed by atoms with Gasteiger partial charge in [-0.3, -0.25) is 14.9 Å². The van der Waals surface area contributed by atoms with Crippen molar-refractivity contribution in [3.8, 4) is 0 Å². The topological polar surface area (TPSA) is 58.2 Å². The first-order valence-corrected chi connectivity index (χ1v) is 7.44. The molecular weight excluding hydrogens is 271 g/mol. The zero-order chi connectivity index (χ0) is 14.9. The Labute approximate surface area is 123 Å². The number of hydrogen-bond acceptors (Lipinski definition) is 3. The van der Waals surface area contributed by atoms with Gasteiger partial charge in [-0.1, -0.05) is 12.1 Å². The zero-order valence-corrected chi connectivity index (χ0v) is 11.8. The molecule has 1 unspecified atom stereocenters. The maximum atomic E-state index is 13.2. The average Bonchev–Trinajstić information content (AvgIpc) is 2.50. The van der Waals surface area contributed by atoms with Crippen LogP contribution in [0.3, 0.4) is 0 Å². The lowest BCUT2D eigenvalue weighted by Crippen LogP contribution is -2.57. The van der Waals surface area contributed by atoms with E-state index in [2.05, 4.69) is 10.6 Å². The first-order chi connectivity index (χ1) is 10.1. The number of carbonyl (C=O) groups is 2. The van der Waals surface area contributed by atoms with Crippen molar-refractivity contribution in [2.75, 3.05) is 13.1 Å². The summed E-state index contributed by atoms with van der Waals surface area (Å²) < 4.78 is 13.2. The summed E-state index contributed by atoms with van der Waals surface area (Å²) in [7, 11) is 0. The van der Waals surface area contributed by atoms with Gasteiger partial charge in [-0.15, -0.1) is 0 Å². The van der Waals surface area contributed by atoms with Crippen LogP contribution in [0.25, 0.3) is 0 Å². The van der Waals surface area contributed by atoms with E-state index in [0.29, 0.717) is 12.8 Å². The quantitative estimate of drug-likeness (QED) is 0.812. The second-order valence-corrected chi connectivity index (χ2v) is 5.88. The number of halogens is 1. The van der Waals surface area contributed by atoms with Gasteiger partial charge in [0, 0.05) is 6.42 Å². The fraction of sp³-hybridized carbons (Fsp3) is 0.500.